The number of aryl methyl sites for hydroxylation is 1. The zero-order chi connectivity index (χ0) is 18.4. The summed E-state index contributed by atoms with van der Waals surface area (Å²) in [5.74, 6) is 2.29. The quantitative estimate of drug-likeness (QED) is 0.820. The Morgan fingerprint density at radius 3 is 2.54 bits per heavy atom. The second-order valence-corrected chi connectivity index (χ2v) is 7.15. The molecular weight excluding hydrogens is 324 g/mol. The van der Waals surface area contributed by atoms with Gasteiger partial charge >= 0.3 is 0 Å². The van der Waals surface area contributed by atoms with Crippen LogP contribution >= 0.6 is 0 Å². The molecule has 0 spiro atoms. The Labute approximate surface area is 156 Å². The number of rotatable bonds is 7. The molecule has 140 valence electrons. The Morgan fingerprint density at radius 2 is 1.88 bits per heavy atom. The predicted octanol–water partition coefficient (Wildman–Crippen LogP) is 3.76. The van der Waals surface area contributed by atoms with Crippen molar-refractivity contribution in [1.29, 1.82) is 0 Å². The molecule has 1 aromatic heterocycles. The maximum atomic E-state index is 5.26. The molecule has 0 radical (unpaired) electrons. The van der Waals surface area contributed by atoms with Crippen molar-refractivity contribution in [2.24, 2.45) is 5.92 Å². The van der Waals surface area contributed by atoms with Crippen molar-refractivity contribution in [3.63, 3.8) is 0 Å². The van der Waals surface area contributed by atoms with Gasteiger partial charge in [-0.25, -0.2) is 9.97 Å². The molecule has 5 nitrogen and oxygen atoms in total. The monoisotopic (exact) mass is 354 g/mol. The molecule has 1 fully saturated rings. The number of anilines is 1. The molecular formula is C21H30N4O. The topological polar surface area (TPSA) is 50.3 Å². The van der Waals surface area contributed by atoms with Crippen LogP contribution in [-0.2, 0) is 13.0 Å². The number of nitrogens with one attached hydrogen (secondary N) is 1. The molecule has 1 saturated heterocycles. The summed E-state index contributed by atoms with van der Waals surface area (Å²) in [6.07, 6.45) is 7.33. The molecule has 5 heteroatoms. The molecule has 1 aliphatic rings. The summed E-state index contributed by atoms with van der Waals surface area (Å²) < 4.78 is 5.26. The van der Waals surface area contributed by atoms with Crippen LogP contribution in [0.2, 0.25) is 0 Å². The summed E-state index contributed by atoms with van der Waals surface area (Å²) >= 11 is 0. The highest BCUT2D eigenvalue weighted by molar-refractivity contribution is 5.28. The van der Waals surface area contributed by atoms with Crippen LogP contribution in [0.15, 0.2) is 36.7 Å². The van der Waals surface area contributed by atoms with E-state index in [0.29, 0.717) is 12.0 Å². The molecule has 3 rings (SSSR count). The van der Waals surface area contributed by atoms with E-state index in [1.54, 1.807) is 7.11 Å². The Morgan fingerprint density at radius 1 is 1.15 bits per heavy atom. The van der Waals surface area contributed by atoms with Crippen molar-refractivity contribution >= 4 is 5.95 Å². The average Bonchev–Trinajstić information content (AvgIpc) is 2.68. The number of benzene rings is 1. The maximum absolute atomic E-state index is 5.26. The fourth-order valence-corrected chi connectivity index (χ4v) is 3.65. The first-order valence-electron chi connectivity index (χ1n) is 9.61. The van der Waals surface area contributed by atoms with Gasteiger partial charge in [0.15, 0.2) is 0 Å². The summed E-state index contributed by atoms with van der Waals surface area (Å²) in [5, 5.41) is 3.45. The molecule has 2 unspecified atom stereocenters. The van der Waals surface area contributed by atoms with Gasteiger partial charge < -0.3 is 10.1 Å². The highest BCUT2D eigenvalue weighted by atomic mass is 16.5. The lowest BCUT2D eigenvalue weighted by atomic mass is 9.90. The first-order valence-corrected chi connectivity index (χ1v) is 9.61. The number of likely N-dealkylation sites (tertiary alicyclic amines) is 1. The largest absolute Gasteiger partial charge is 0.497 e. The SMILES string of the molecule is CCc1cnc(NCC2C(C)CCCN2Cc2ccc(OC)cc2)nc1. The summed E-state index contributed by atoms with van der Waals surface area (Å²) in [5.41, 5.74) is 2.50. The van der Waals surface area contributed by atoms with Gasteiger partial charge in [0.1, 0.15) is 5.75 Å². The number of methoxy groups -OCH3 is 1. The van der Waals surface area contributed by atoms with Crippen molar-refractivity contribution in [3.05, 3.63) is 47.8 Å². The van der Waals surface area contributed by atoms with Gasteiger partial charge in [0.2, 0.25) is 5.95 Å². The molecule has 2 atom stereocenters. The lowest BCUT2D eigenvalue weighted by molar-refractivity contribution is 0.102. The molecule has 26 heavy (non-hydrogen) atoms. The van der Waals surface area contributed by atoms with E-state index >= 15 is 0 Å². The van der Waals surface area contributed by atoms with Crippen LogP contribution in [0.4, 0.5) is 5.95 Å². The number of piperidine rings is 1. The normalized spacial score (nSPS) is 20.7. The molecule has 0 aliphatic carbocycles. The number of aromatic nitrogens is 2. The van der Waals surface area contributed by atoms with Crippen molar-refractivity contribution in [2.45, 2.75) is 45.7 Å². The van der Waals surface area contributed by atoms with Crippen molar-refractivity contribution < 1.29 is 4.74 Å². The van der Waals surface area contributed by atoms with Gasteiger partial charge in [0, 0.05) is 31.5 Å². The minimum atomic E-state index is 0.486. The van der Waals surface area contributed by atoms with Gasteiger partial charge in [0.25, 0.3) is 0 Å². The molecule has 0 saturated carbocycles. The van der Waals surface area contributed by atoms with Crippen LogP contribution < -0.4 is 10.1 Å². The van der Waals surface area contributed by atoms with Crippen LogP contribution in [0, 0.1) is 5.92 Å². The zero-order valence-corrected chi connectivity index (χ0v) is 16.1. The summed E-state index contributed by atoms with van der Waals surface area (Å²) in [6, 6.07) is 8.89. The van der Waals surface area contributed by atoms with E-state index in [9.17, 15) is 0 Å². The Kier molecular flexibility index (Phi) is 6.45. The molecule has 0 amide bonds. The average molecular weight is 354 g/mol. The lowest BCUT2D eigenvalue weighted by Gasteiger charge is -2.40. The maximum Gasteiger partial charge on any atom is 0.222 e. The molecule has 1 N–H and O–H groups in total. The fraction of sp³-hybridized carbons (Fsp3) is 0.524. The number of ether oxygens (including phenoxy) is 1. The van der Waals surface area contributed by atoms with Crippen LogP contribution in [0.1, 0.15) is 37.8 Å². The van der Waals surface area contributed by atoms with E-state index in [-0.39, 0.29) is 0 Å². The third-order valence-electron chi connectivity index (χ3n) is 5.36. The van der Waals surface area contributed by atoms with Gasteiger partial charge in [-0.2, -0.15) is 0 Å². The second kappa shape index (κ2) is 8.99. The van der Waals surface area contributed by atoms with Gasteiger partial charge in [-0.05, 0) is 55.0 Å². The third-order valence-corrected chi connectivity index (χ3v) is 5.36. The van der Waals surface area contributed by atoms with Crippen LogP contribution in [-0.4, -0.2) is 41.1 Å². The van der Waals surface area contributed by atoms with E-state index in [0.717, 1.165) is 37.8 Å². The van der Waals surface area contributed by atoms with Crippen LogP contribution in [0.3, 0.4) is 0 Å². The van der Waals surface area contributed by atoms with E-state index in [4.69, 9.17) is 4.74 Å². The Hall–Kier alpha value is -2.14. The minimum absolute atomic E-state index is 0.486. The fourth-order valence-electron chi connectivity index (χ4n) is 3.65. The molecule has 0 bridgehead atoms. The van der Waals surface area contributed by atoms with E-state index in [2.05, 4.69) is 46.2 Å². The standard InChI is InChI=1S/C21H30N4O/c1-4-17-12-22-21(23-13-17)24-14-20-16(2)6-5-11-25(20)15-18-7-9-19(26-3)10-8-18/h7-10,12-13,16,20H,4-6,11,14-15H2,1-3H3,(H,22,23,24). The minimum Gasteiger partial charge on any atom is -0.497 e. The first kappa shape index (κ1) is 18.6. The highest BCUT2D eigenvalue weighted by Crippen LogP contribution is 2.25. The Balaban J connectivity index is 1.63. The third kappa shape index (κ3) is 4.73. The van der Waals surface area contributed by atoms with E-state index in [1.807, 2.05) is 24.5 Å². The summed E-state index contributed by atoms with van der Waals surface area (Å²) in [7, 11) is 1.71. The van der Waals surface area contributed by atoms with E-state index in [1.165, 1.54) is 24.0 Å². The number of hydrogen-bond donors (Lipinski definition) is 1. The zero-order valence-electron chi connectivity index (χ0n) is 16.1. The molecule has 1 aliphatic heterocycles. The Bertz CT molecular complexity index is 671. The second-order valence-electron chi connectivity index (χ2n) is 7.15. The van der Waals surface area contributed by atoms with Gasteiger partial charge in [-0.15, -0.1) is 0 Å². The first-order chi connectivity index (χ1) is 12.7. The van der Waals surface area contributed by atoms with Crippen molar-refractivity contribution in [3.8, 4) is 5.75 Å². The smallest absolute Gasteiger partial charge is 0.222 e. The van der Waals surface area contributed by atoms with Gasteiger partial charge in [-0.1, -0.05) is 26.0 Å². The van der Waals surface area contributed by atoms with E-state index < -0.39 is 0 Å². The summed E-state index contributed by atoms with van der Waals surface area (Å²) in [6.45, 7) is 7.46. The van der Waals surface area contributed by atoms with Crippen molar-refractivity contribution in [1.82, 2.24) is 14.9 Å². The highest BCUT2D eigenvalue weighted by Gasteiger charge is 2.28. The van der Waals surface area contributed by atoms with Crippen molar-refractivity contribution in [2.75, 3.05) is 25.5 Å². The lowest BCUT2D eigenvalue weighted by Crippen LogP contribution is -2.47. The molecule has 1 aromatic carbocycles. The number of hydrogen-bond acceptors (Lipinski definition) is 5. The molecule has 2 aromatic rings. The van der Waals surface area contributed by atoms with Gasteiger partial charge in [0.05, 0.1) is 7.11 Å². The van der Waals surface area contributed by atoms with Crippen LogP contribution in [0.5, 0.6) is 5.75 Å². The van der Waals surface area contributed by atoms with Crippen LogP contribution in [0.25, 0.3) is 0 Å². The predicted molar refractivity (Wildman–Crippen MR) is 105 cm³/mol. The number of nitrogens with zero attached hydrogens (tertiary/aromatic N) is 3. The van der Waals surface area contributed by atoms with Gasteiger partial charge in [-0.3, -0.25) is 4.90 Å². The summed E-state index contributed by atoms with van der Waals surface area (Å²) in [4.78, 5) is 11.5. The molecule has 2 heterocycles.